The van der Waals surface area contributed by atoms with E-state index >= 15 is 0 Å². The number of aryl methyl sites for hydroxylation is 1. The number of amides is 1. The number of halogens is 1. The zero-order valence-electron chi connectivity index (χ0n) is 17.0. The zero-order valence-corrected chi connectivity index (χ0v) is 17.0. The summed E-state index contributed by atoms with van der Waals surface area (Å²) in [7, 11) is 1.39. The highest BCUT2D eigenvalue weighted by molar-refractivity contribution is 6.01. The van der Waals surface area contributed by atoms with Gasteiger partial charge in [-0.2, -0.15) is 0 Å². The minimum Gasteiger partial charge on any atom is -0.494 e. The van der Waals surface area contributed by atoms with Gasteiger partial charge in [-0.15, -0.1) is 0 Å². The monoisotopic (exact) mass is 421 g/mol. The second-order valence-electron chi connectivity index (χ2n) is 6.93. The molecule has 1 N–H and O–H groups in total. The number of hydrogen-bond acceptors (Lipinski definition) is 7. The first-order valence-electron chi connectivity index (χ1n) is 9.64. The molecule has 0 aliphatic carbocycles. The zero-order chi connectivity index (χ0) is 21.8. The predicted octanol–water partition coefficient (Wildman–Crippen LogP) is 3.12. The van der Waals surface area contributed by atoms with E-state index in [9.17, 15) is 9.18 Å². The maximum absolute atomic E-state index is 13.6. The number of methoxy groups -OCH3 is 1. The molecule has 1 amide bonds. The normalized spacial score (nSPS) is 15.2. The smallest absolute Gasteiger partial charge is 0.270 e. The van der Waals surface area contributed by atoms with Gasteiger partial charge in [0.05, 0.1) is 18.5 Å². The molecule has 31 heavy (non-hydrogen) atoms. The Labute approximate surface area is 178 Å². The molecule has 1 atom stereocenters. The van der Waals surface area contributed by atoms with Crippen LogP contribution in [0.25, 0.3) is 0 Å². The molecule has 158 valence electrons. The van der Waals surface area contributed by atoms with Gasteiger partial charge in [-0.25, -0.2) is 14.4 Å². The van der Waals surface area contributed by atoms with Crippen LogP contribution in [0.15, 0.2) is 53.8 Å². The SMILES string of the molecule is COc1cc(CNC(=O)c2cc(C3=NOC(c4ccccn4)C3)nc(C)n2)ccc1F. The Morgan fingerprint density at radius 3 is 2.90 bits per heavy atom. The quantitative estimate of drug-likeness (QED) is 0.657. The number of ether oxygens (including phenoxy) is 1. The Hall–Kier alpha value is -3.88. The third-order valence-electron chi connectivity index (χ3n) is 4.72. The maximum Gasteiger partial charge on any atom is 0.270 e. The third kappa shape index (κ3) is 4.66. The number of rotatable bonds is 6. The number of benzene rings is 1. The Bertz CT molecular complexity index is 1140. The van der Waals surface area contributed by atoms with Crippen molar-refractivity contribution in [1.29, 1.82) is 0 Å². The predicted molar refractivity (Wildman–Crippen MR) is 110 cm³/mol. The van der Waals surface area contributed by atoms with Gasteiger partial charge in [0, 0.05) is 19.2 Å². The third-order valence-corrected chi connectivity index (χ3v) is 4.72. The number of aromatic nitrogens is 3. The molecule has 0 radical (unpaired) electrons. The number of carbonyl (C=O) groups excluding carboxylic acids is 1. The minimum atomic E-state index is -0.461. The lowest BCUT2D eigenvalue weighted by atomic mass is 10.1. The van der Waals surface area contributed by atoms with E-state index in [0.717, 1.165) is 5.69 Å². The summed E-state index contributed by atoms with van der Waals surface area (Å²) >= 11 is 0. The van der Waals surface area contributed by atoms with Gasteiger partial charge in [0.15, 0.2) is 17.7 Å². The van der Waals surface area contributed by atoms with E-state index in [4.69, 9.17) is 9.57 Å². The maximum atomic E-state index is 13.6. The van der Waals surface area contributed by atoms with Crippen molar-refractivity contribution < 1.29 is 18.8 Å². The van der Waals surface area contributed by atoms with E-state index in [1.807, 2.05) is 18.2 Å². The van der Waals surface area contributed by atoms with E-state index in [-0.39, 0.29) is 30.0 Å². The Morgan fingerprint density at radius 1 is 1.26 bits per heavy atom. The molecule has 0 saturated carbocycles. The summed E-state index contributed by atoms with van der Waals surface area (Å²) in [6, 6.07) is 11.6. The van der Waals surface area contributed by atoms with Crippen molar-refractivity contribution >= 4 is 11.6 Å². The number of carbonyl (C=O) groups is 1. The number of hydrogen-bond donors (Lipinski definition) is 1. The van der Waals surface area contributed by atoms with Crippen molar-refractivity contribution in [2.75, 3.05) is 7.11 Å². The number of nitrogens with zero attached hydrogens (tertiary/aromatic N) is 4. The highest BCUT2D eigenvalue weighted by Crippen LogP contribution is 2.27. The summed E-state index contributed by atoms with van der Waals surface area (Å²) in [6.45, 7) is 1.90. The largest absolute Gasteiger partial charge is 0.494 e. The lowest BCUT2D eigenvalue weighted by Gasteiger charge is -2.09. The van der Waals surface area contributed by atoms with Gasteiger partial charge in [-0.3, -0.25) is 9.78 Å². The fourth-order valence-corrected chi connectivity index (χ4v) is 3.17. The van der Waals surface area contributed by atoms with Crippen molar-refractivity contribution in [3.05, 3.63) is 82.9 Å². The molecule has 1 unspecified atom stereocenters. The fraction of sp³-hybridized carbons (Fsp3) is 0.227. The minimum absolute atomic E-state index is 0.119. The highest BCUT2D eigenvalue weighted by Gasteiger charge is 2.26. The molecule has 0 spiro atoms. The van der Waals surface area contributed by atoms with Crippen LogP contribution in [0.4, 0.5) is 4.39 Å². The van der Waals surface area contributed by atoms with Gasteiger partial charge < -0.3 is 14.9 Å². The van der Waals surface area contributed by atoms with Crippen molar-refractivity contribution in [2.45, 2.75) is 26.0 Å². The standard InChI is InChI=1S/C22H20FN5O3/c1-13-26-17(18-11-21(31-28-18)16-5-3-4-8-24-16)10-19(27-13)22(29)25-12-14-6-7-15(23)20(9-14)30-2/h3-10,21H,11-12H2,1-2H3,(H,25,29). The first-order chi connectivity index (χ1) is 15.0. The molecular formula is C22H20FN5O3. The van der Waals surface area contributed by atoms with Crippen LogP contribution in [-0.4, -0.2) is 33.7 Å². The second-order valence-corrected chi connectivity index (χ2v) is 6.93. The first kappa shape index (κ1) is 20.4. The van der Waals surface area contributed by atoms with Crippen LogP contribution in [0, 0.1) is 12.7 Å². The fourth-order valence-electron chi connectivity index (χ4n) is 3.17. The average molecular weight is 421 g/mol. The van der Waals surface area contributed by atoms with E-state index in [1.54, 1.807) is 25.3 Å². The molecule has 1 aliphatic heterocycles. The van der Waals surface area contributed by atoms with E-state index in [1.165, 1.54) is 19.2 Å². The summed E-state index contributed by atoms with van der Waals surface area (Å²) in [6.07, 6.45) is 1.89. The van der Waals surface area contributed by atoms with Crippen molar-refractivity contribution in [1.82, 2.24) is 20.3 Å². The van der Waals surface area contributed by atoms with Gasteiger partial charge in [-0.1, -0.05) is 17.3 Å². The average Bonchev–Trinajstić information content (AvgIpc) is 3.29. The first-order valence-corrected chi connectivity index (χ1v) is 9.64. The van der Waals surface area contributed by atoms with Gasteiger partial charge in [0.1, 0.15) is 17.2 Å². The van der Waals surface area contributed by atoms with Crippen LogP contribution in [0.2, 0.25) is 0 Å². The van der Waals surface area contributed by atoms with Crippen molar-refractivity contribution in [2.24, 2.45) is 5.16 Å². The van der Waals surface area contributed by atoms with Crippen molar-refractivity contribution in [3.8, 4) is 5.75 Å². The van der Waals surface area contributed by atoms with Gasteiger partial charge >= 0.3 is 0 Å². The Morgan fingerprint density at radius 2 is 2.13 bits per heavy atom. The van der Waals surface area contributed by atoms with E-state index in [0.29, 0.717) is 29.2 Å². The summed E-state index contributed by atoms with van der Waals surface area (Å²) in [5, 5.41) is 6.91. The Balaban J connectivity index is 1.46. The van der Waals surface area contributed by atoms with Gasteiger partial charge in [0.25, 0.3) is 5.91 Å². The van der Waals surface area contributed by atoms with E-state index < -0.39 is 5.82 Å². The molecule has 3 aromatic rings. The number of nitrogens with one attached hydrogen (secondary N) is 1. The second kappa shape index (κ2) is 8.86. The van der Waals surface area contributed by atoms with Crippen molar-refractivity contribution in [3.63, 3.8) is 0 Å². The summed E-state index contributed by atoms with van der Waals surface area (Å²) < 4.78 is 18.5. The summed E-state index contributed by atoms with van der Waals surface area (Å²) in [5.41, 5.74) is 2.84. The lowest BCUT2D eigenvalue weighted by Crippen LogP contribution is -2.25. The van der Waals surface area contributed by atoms with Crippen LogP contribution >= 0.6 is 0 Å². The molecule has 3 heterocycles. The molecule has 0 fully saturated rings. The molecule has 2 aromatic heterocycles. The molecule has 1 aliphatic rings. The number of pyridine rings is 1. The van der Waals surface area contributed by atoms with Crippen LogP contribution < -0.4 is 10.1 Å². The topological polar surface area (TPSA) is 98.6 Å². The van der Waals surface area contributed by atoms with Crippen LogP contribution in [0.3, 0.4) is 0 Å². The molecular weight excluding hydrogens is 401 g/mol. The van der Waals surface area contributed by atoms with Crippen LogP contribution in [0.1, 0.15) is 45.8 Å². The van der Waals surface area contributed by atoms with Crippen LogP contribution in [0.5, 0.6) is 5.75 Å². The molecule has 1 aromatic carbocycles. The van der Waals surface area contributed by atoms with Gasteiger partial charge in [0.2, 0.25) is 0 Å². The molecule has 0 bridgehead atoms. The summed E-state index contributed by atoms with van der Waals surface area (Å²) in [5.74, 6) is -0.281. The van der Waals surface area contributed by atoms with Gasteiger partial charge in [-0.05, 0) is 42.8 Å². The molecule has 0 saturated heterocycles. The Kier molecular flexibility index (Phi) is 5.83. The lowest BCUT2D eigenvalue weighted by molar-refractivity contribution is 0.0826. The molecule has 4 rings (SSSR count). The molecule has 9 heteroatoms. The number of oxime groups is 1. The van der Waals surface area contributed by atoms with E-state index in [2.05, 4.69) is 25.4 Å². The summed E-state index contributed by atoms with van der Waals surface area (Å²) in [4.78, 5) is 31.1. The molecule has 8 nitrogen and oxygen atoms in total. The highest BCUT2D eigenvalue weighted by atomic mass is 19.1. The van der Waals surface area contributed by atoms with Crippen LogP contribution in [-0.2, 0) is 11.4 Å².